The Hall–Kier alpha value is -1.79. The number of carbonyl (C=O) groups excluding carboxylic acids is 1. The van der Waals surface area contributed by atoms with Crippen molar-refractivity contribution in [3.05, 3.63) is 51.2 Å². The van der Waals surface area contributed by atoms with Crippen LogP contribution in [0.25, 0.3) is 0 Å². The molecule has 0 aliphatic rings. The number of hydrogen-bond acceptors (Lipinski definition) is 4. The van der Waals surface area contributed by atoms with E-state index in [0.29, 0.717) is 18.0 Å². The lowest BCUT2D eigenvalue weighted by Gasteiger charge is -2.11. The normalized spacial score (nSPS) is 12.5. The molecule has 22 heavy (non-hydrogen) atoms. The second-order valence-electron chi connectivity index (χ2n) is 5.39. The largest absolute Gasteiger partial charge is 0.378 e. The van der Waals surface area contributed by atoms with Gasteiger partial charge in [0.25, 0.3) is 5.91 Å². The topological polar surface area (TPSA) is 62.2 Å². The van der Waals surface area contributed by atoms with E-state index in [2.05, 4.69) is 24.1 Å². The van der Waals surface area contributed by atoms with Crippen LogP contribution in [0, 0.1) is 12.7 Å². The molecule has 0 bridgehead atoms. The van der Waals surface area contributed by atoms with Crippen molar-refractivity contribution in [1.29, 1.82) is 0 Å². The van der Waals surface area contributed by atoms with Crippen molar-refractivity contribution in [3.63, 3.8) is 0 Å². The molecule has 0 saturated heterocycles. The lowest BCUT2D eigenvalue weighted by Crippen LogP contribution is -2.28. The van der Waals surface area contributed by atoms with Crippen LogP contribution in [0.1, 0.15) is 47.0 Å². The van der Waals surface area contributed by atoms with Gasteiger partial charge in [-0.05, 0) is 24.6 Å². The maximum atomic E-state index is 12.8. The number of benzene rings is 1. The molecule has 4 nitrogen and oxygen atoms in total. The van der Waals surface area contributed by atoms with Crippen molar-refractivity contribution in [2.75, 3.05) is 0 Å². The molecule has 2 rings (SSSR count). The van der Waals surface area contributed by atoms with Crippen LogP contribution in [0.2, 0.25) is 0 Å². The number of carbonyl (C=O) groups is 1. The minimum atomic E-state index is -1.31. The molecular formula is C16H19FN2O2S. The fourth-order valence-corrected chi connectivity index (χ4v) is 2.93. The quantitative estimate of drug-likeness (QED) is 0.889. The van der Waals surface area contributed by atoms with E-state index in [1.807, 2.05) is 6.92 Å². The standard InChI is InChI=1S/C16H19FN2O2S/c1-9(2)16-19-10(3)13(22-16)8-18-15(21)14(20)11-4-6-12(17)7-5-11/h4-7,9,14,20H,8H2,1-3H3,(H,18,21). The zero-order valence-corrected chi connectivity index (χ0v) is 13.6. The molecule has 2 N–H and O–H groups in total. The summed E-state index contributed by atoms with van der Waals surface area (Å²) in [4.78, 5) is 17.4. The number of rotatable bonds is 5. The first-order valence-corrected chi connectivity index (χ1v) is 7.87. The van der Waals surface area contributed by atoms with Crippen LogP contribution < -0.4 is 5.32 Å². The van der Waals surface area contributed by atoms with Gasteiger partial charge in [-0.3, -0.25) is 4.79 Å². The number of halogens is 1. The fraction of sp³-hybridized carbons (Fsp3) is 0.375. The molecule has 2 aromatic rings. The summed E-state index contributed by atoms with van der Waals surface area (Å²) < 4.78 is 12.8. The van der Waals surface area contributed by atoms with Crippen molar-refractivity contribution in [2.45, 2.75) is 39.3 Å². The Labute approximate surface area is 133 Å². The number of aryl methyl sites for hydroxylation is 1. The molecule has 0 fully saturated rings. The molecule has 1 heterocycles. The first-order chi connectivity index (χ1) is 10.4. The van der Waals surface area contributed by atoms with E-state index in [0.717, 1.165) is 15.6 Å². The van der Waals surface area contributed by atoms with Crippen LogP contribution in [0.4, 0.5) is 4.39 Å². The number of amides is 1. The van der Waals surface area contributed by atoms with Crippen LogP contribution in [0.3, 0.4) is 0 Å². The average molecular weight is 322 g/mol. The molecule has 1 atom stereocenters. The predicted octanol–water partition coefficient (Wildman–Crippen LogP) is 3.06. The maximum absolute atomic E-state index is 12.8. The van der Waals surface area contributed by atoms with Gasteiger partial charge < -0.3 is 10.4 Å². The first kappa shape index (κ1) is 16.6. The minimum Gasteiger partial charge on any atom is -0.378 e. The average Bonchev–Trinajstić information content (AvgIpc) is 2.86. The third kappa shape index (κ3) is 3.90. The molecule has 0 radical (unpaired) electrons. The summed E-state index contributed by atoms with van der Waals surface area (Å²) in [5.41, 5.74) is 1.26. The van der Waals surface area contributed by atoms with Crippen LogP contribution in [0.15, 0.2) is 24.3 Å². The van der Waals surface area contributed by atoms with E-state index < -0.39 is 17.8 Å². The van der Waals surface area contributed by atoms with Gasteiger partial charge in [-0.15, -0.1) is 11.3 Å². The summed E-state index contributed by atoms with van der Waals surface area (Å²) in [5.74, 6) is -0.568. The third-order valence-electron chi connectivity index (χ3n) is 3.26. The number of nitrogens with zero attached hydrogens (tertiary/aromatic N) is 1. The zero-order valence-electron chi connectivity index (χ0n) is 12.8. The van der Waals surface area contributed by atoms with Gasteiger partial charge in [0.15, 0.2) is 6.10 Å². The highest BCUT2D eigenvalue weighted by Crippen LogP contribution is 2.24. The highest BCUT2D eigenvalue weighted by atomic mass is 32.1. The summed E-state index contributed by atoms with van der Waals surface area (Å²) in [7, 11) is 0. The van der Waals surface area contributed by atoms with Crippen molar-refractivity contribution >= 4 is 17.2 Å². The SMILES string of the molecule is Cc1nc(C(C)C)sc1CNC(=O)C(O)c1ccc(F)cc1. The van der Waals surface area contributed by atoms with Gasteiger partial charge in [0.05, 0.1) is 17.2 Å². The number of aliphatic hydroxyl groups is 1. The Morgan fingerprint density at radius 1 is 1.36 bits per heavy atom. The van der Waals surface area contributed by atoms with E-state index in [1.165, 1.54) is 24.3 Å². The summed E-state index contributed by atoms with van der Waals surface area (Å²) >= 11 is 1.56. The molecule has 1 amide bonds. The van der Waals surface area contributed by atoms with Crippen molar-refractivity contribution in [2.24, 2.45) is 0 Å². The number of hydrogen-bond donors (Lipinski definition) is 2. The lowest BCUT2D eigenvalue weighted by atomic mass is 10.1. The van der Waals surface area contributed by atoms with E-state index in [9.17, 15) is 14.3 Å². The van der Waals surface area contributed by atoms with Gasteiger partial charge in [-0.2, -0.15) is 0 Å². The molecule has 118 valence electrons. The Morgan fingerprint density at radius 3 is 2.55 bits per heavy atom. The molecule has 0 aliphatic carbocycles. The number of aliphatic hydroxyl groups excluding tert-OH is 1. The smallest absolute Gasteiger partial charge is 0.253 e. The Balaban J connectivity index is 1.99. The number of thiazole rings is 1. The molecule has 1 aromatic carbocycles. The van der Waals surface area contributed by atoms with Gasteiger partial charge >= 0.3 is 0 Å². The first-order valence-electron chi connectivity index (χ1n) is 7.06. The lowest BCUT2D eigenvalue weighted by molar-refractivity contribution is -0.129. The molecule has 0 spiro atoms. The number of aromatic nitrogens is 1. The fourth-order valence-electron chi connectivity index (χ4n) is 1.92. The maximum Gasteiger partial charge on any atom is 0.253 e. The van der Waals surface area contributed by atoms with E-state index in [-0.39, 0.29) is 0 Å². The van der Waals surface area contributed by atoms with E-state index in [4.69, 9.17) is 0 Å². The van der Waals surface area contributed by atoms with Crippen LogP contribution in [0.5, 0.6) is 0 Å². The van der Waals surface area contributed by atoms with Crippen LogP contribution in [-0.2, 0) is 11.3 Å². The summed E-state index contributed by atoms with van der Waals surface area (Å²) in [6.07, 6.45) is -1.31. The Bertz CT molecular complexity index is 653. The van der Waals surface area contributed by atoms with Crippen LogP contribution in [-0.4, -0.2) is 16.0 Å². The third-order valence-corrected chi connectivity index (χ3v) is 4.72. The molecule has 6 heteroatoms. The summed E-state index contributed by atoms with van der Waals surface area (Å²) in [6, 6.07) is 5.23. The molecule has 0 aliphatic heterocycles. The van der Waals surface area contributed by atoms with Gasteiger partial charge in [-0.1, -0.05) is 26.0 Å². The highest BCUT2D eigenvalue weighted by Gasteiger charge is 2.18. The molecule has 1 aromatic heterocycles. The van der Waals surface area contributed by atoms with Gasteiger partial charge in [0, 0.05) is 10.8 Å². The summed E-state index contributed by atoms with van der Waals surface area (Å²) in [5, 5.41) is 13.7. The van der Waals surface area contributed by atoms with E-state index >= 15 is 0 Å². The van der Waals surface area contributed by atoms with Gasteiger partial charge in [0.1, 0.15) is 5.82 Å². The van der Waals surface area contributed by atoms with E-state index in [1.54, 1.807) is 11.3 Å². The van der Waals surface area contributed by atoms with Crippen molar-refractivity contribution in [3.8, 4) is 0 Å². The Morgan fingerprint density at radius 2 is 2.00 bits per heavy atom. The Kier molecular flexibility index (Phi) is 5.26. The van der Waals surface area contributed by atoms with Crippen molar-refractivity contribution in [1.82, 2.24) is 10.3 Å². The minimum absolute atomic E-state index is 0.327. The number of nitrogens with one attached hydrogen (secondary N) is 1. The monoisotopic (exact) mass is 322 g/mol. The molecule has 0 saturated carbocycles. The van der Waals surface area contributed by atoms with Gasteiger partial charge in [0.2, 0.25) is 0 Å². The zero-order chi connectivity index (χ0) is 16.3. The summed E-state index contributed by atoms with van der Waals surface area (Å²) in [6.45, 7) is 6.37. The molecule has 1 unspecified atom stereocenters. The predicted molar refractivity (Wildman–Crippen MR) is 84.1 cm³/mol. The van der Waals surface area contributed by atoms with Gasteiger partial charge in [-0.25, -0.2) is 9.37 Å². The second kappa shape index (κ2) is 6.98. The molecular weight excluding hydrogens is 303 g/mol. The second-order valence-corrected chi connectivity index (χ2v) is 6.50. The van der Waals surface area contributed by atoms with Crippen molar-refractivity contribution < 1.29 is 14.3 Å². The highest BCUT2D eigenvalue weighted by molar-refractivity contribution is 7.11. The van der Waals surface area contributed by atoms with Crippen LogP contribution >= 0.6 is 11.3 Å².